The van der Waals surface area contributed by atoms with Crippen molar-refractivity contribution in [1.29, 1.82) is 0 Å². The van der Waals surface area contributed by atoms with Crippen molar-refractivity contribution >= 4 is 5.91 Å². The summed E-state index contributed by atoms with van der Waals surface area (Å²) in [5, 5.41) is 3.08. The van der Waals surface area contributed by atoms with Crippen LogP contribution in [-0.4, -0.2) is 25.7 Å². The van der Waals surface area contributed by atoms with Crippen molar-refractivity contribution in [3.05, 3.63) is 0 Å². The number of carbonyl (C=O) groups excluding carboxylic acids is 1. The first kappa shape index (κ1) is 12.9. The molecule has 0 unspecified atom stereocenters. The highest BCUT2D eigenvalue weighted by Gasteiger charge is 2.44. The lowest BCUT2D eigenvalue weighted by molar-refractivity contribution is -0.129. The van der Waals surface area contributed by atoms with Gasteiger partial charge in [-0.2, -0.15) is 0 Å². The van der Waals surface area contributed by atoms with Crippen LogP contribution in [0.4, 0.5) is 0 Å². The number of rotatable bonds is 2. The summed E-state index contributed by atoms with van der Waals surface area (Å²) >= 11 is 0. The van der Waals surface area contributed by atoms with Gasteiger partial charge in [-0.15, -0.1) is 0 Å². The zero-order valence-electron chi connectivity index (χ0n) is 11.3. The quantitative estimate of drug-likeness (QED) is 0.803. The zero-order chi connectivity index (χ0) is 12.5. The van der Waals surface area contributed by atoms with Gasteiger partial charge in [0.05, 0.1) is 0 Å². The maximum atomic E-state index is 11.7. The Kier molecular flexibility index (Phi) is 3.48. The first-order valence-corrected chi connectivity index (χ1v) is 6.77. The topological polar surface area (TPSA) is 38.3 Å². The third-order valence-electron chi connectivity index (χ3n) is 4.23. The molecule has 2 rings (SSSR count). The molecule has 2 fully saturated rings. The summed E-state index contributed by atoms with van der Waals surface area (Å²) in [6.45, 7) is 8.61. The second-order valence-electron chi connectivity index (χ2n) is 6.85. The molecule has 0 bridgehead atoms. The van der Waals surface area contributed by atoms with E-state index in [0.717, 1.165) is 19.8 Å². The van der Waals surface area contributed by atoms with E-state index < -0.39 is 0 Å². The van der Waals surface area contributed by atoms with Crippen molar-refractivity contribution in [3.8, 4) is 0 Å². The second-order valence-corrected chi connectivity index (χ2v) is 6.85. The van der Waals surface area contributed by atoms with Crippen molar-refractivity contribution in [2.24, 2.45) is 16.7 Å². The number of amides is 1. The largest absolute Gasteiger partial charge is 0.381 e. The number of hydrogen-bond acceptors (Lipinski definition) is 2. The minimum Gasteiger partial charge on any atom is -0.381 e. The van der Waals surface area contributed by atoms with E-state index in [2.05, 4.69) is 5.32 Å². The fraction of sp³-hybridized carbons (Fsp3) is 0.929. The standard InChI is InChI=1S/C14H25NO2/c1-13(2,3)12(16)15-10-11-8-14(9-11)4-6-17-7-5-14/h11H,4-10H2,1-3H3,(H,15,16). The van der Waals surface area contributed by atoms with E-state index in [1.54, 1.807) is 0 Å². The Hall–Kier alpha value is -0.570. The SMILES string of the molecule is CC(C)(C)C(=O)NCC1CC2(CCOCC2)C1. The van der Waals surface area contributed by atoms with Crippen LogP contribution in [0.1, 0.15) is 46.5 Å². The smallest absolute Gasteiger partial charge is 0.225 e. The Morgan fingerprint density at radius 1 is 1.29 bits per heavy atom. The molecule has 17 heavy (non-hydrogen) atoms. The van der Waals surface area contributed by atoms with Gasteiger partial charge in [0.1, 0.15) is 0 Å². The van der Waals surface area contributed by atoms with Gasteiger partial charge in [0.2, 0.25) is 5.91 Å². The molecule has 1 aliphatic carbocycles. The lowest BCUT2D eigenvalue weighted by Crippen LogP contribution is -2.47. The van der Waals surface area contributed by atoms with Crippen LogP contribution in [0, 0.1) is 16.7 Å². The molecule has 0 aromatic heterocycles. The summed E-state index contributed by atoms with van der Waals surface area (Å²) in [6.07, 6.45) is 5.00. The predicted octanol–water partition coefficient (Wildman–Crippen LogP) is 2.36. The van der Waals surface area contributed by atoms with Crippen LogP contribution < -0.4 is 5.32 Å². The zero-order valence-corrected chi connectivity index (χ0v) is 11.3. The summed E-state index contributed by atoms with van der Waals surface area (Å²) in [6, 6.07) is 0. The van der Waals surface area contributed by atoms with Crippen molar-refractivity contribution in [2.45, 2.75) is 46.5 Å². The van der Waals surface area contributed by atoms with Crippen molar-refractivity contribution in [1.82, 2.24) is 5.32 Å². The molecular weight excluding hydrogens is 214 g/mol. The first-order valence-electron chi connectivity index (χ1n) is 6.77. The summed E-state index contributed by atoms with van der Waals surface area (Å²) < 4.78 is 5.41. The lowest BCUT2D eigenvalue weighted by Gasteiger charge is -2.50. The molecule has 0 aromatic carbocycles. The molecule has 98 valence electrons. The molecule has 1 amide bonds. The van der Waals surface area contributed by atoms with Crippen molar-refractivity contribution < 1.29 is 9.53 Å². The number of ether oxygens (including phenoxy) is 1. The van der Waals surface area contributed by atoms with Gasteiger partial charge in [0.15, 0.2) is 0 Å². The number of hydrogen-bond donors (Lipinski definition) is 1. The van der Waals surface area contributed by atoms with E-state index in [4.69, 9.17) is 4.74 Å². The molecule has 1 saturated heterocycles. The summed E-state index contributed by atoms with van der Waals surface area (Å²) in [4.78, 5) is 11.7. The average molecular weight is 239 g/mol. The first-order chi connectivity index (χ1) is 7.91. The molecule has 0 radical (unpaired) electrons. The third kappa shape index (κ3) is 3.01. The highest BCUT2D eigenvalue weighted by molar-refractivity contribution is 5.81. The van der Waals surface area contributed by atoms with Gasteiger partial charge < -0.3 is 10.1 Å². The van der Waals surface area contributed by atoms with Gasteiger partial charge in [-0.25, -0.2) is 0 Å². The Morgan fingerprint density at radius 2 is 1.88 bits per heavy atom. The Balaban J connectivity index is 1.69. The van der Waals surface area contributed by atoms with Crippen LogP contribution in [0.5, 0.6) is 0 Å². The van der Waals surface area contributed by atoms with Crippen LogP contribution in [0.25, 0.3) is 0 Å². The maximum Gasteiger partial charge on any atom is 0.225 e. The second kappa shape index (κ2) is 4.60. The summed E-state index contributed by atoms with van der Waals surface area (Å²) in [5.41, 5.74) is 0.301. The lowest BCUT2D eigenvalue weighted by atomic mass is 9.58. The van der Waals surface area contributed by atoms with E-state index in [1.807, 2.05) is 20.8 Å². The van der Waals surface area contributed by atoms with Gasteiger partial charge in [-0.05, 0) is 37.0 Å². The van der Waals surface area contributed by atoms with Gasteiger partial charge >= 0.3 is 0 Å². The molecule has 0 atom stereocenters. The van der Waals surface area contributed by atoms with Crippen LogP contribution in [0.2, 0.25) is 0 Å². The van der Waals surface area contributed by atoms with E-state index >= 15 is 0 Å². The van der Waals surface area contributed by atoms with Gasteiger partial charge in [-0.3, -0.25) is 4.79 Å². The average Bonchev–Trinajstić information content (AvgIpc) is 2.23. The van der Waals surface area contributed by atoms with E-state index in [0.29, 0.717) is 11.3 Å². The molecule has 0 aromatic rings. The summed E-state index contributed by atoms with van der Waals surface area (Å²) in [5.74, 6) is 0.866. The fourth-order valence-electron chi connectivity index (χ4n) is 3.02. The Labute approximate surface area is 104 Å². The molecular formula is C14H25NO2. The molecule has 1 aliphatic heterocycles. The molecule has 1 spiro atoms. The molecule has 1 saturated carbocycles. The monoisotopic (exact) mass is 239 g/mol. The van der Waals surface area contributed by atoms with Crippen LogP contribution >= 0.6 is 0 Å². The fourth-order valence-corrected chi connectivity index (χ4v) is 3.02. The van der Waals surface area contributed by atoms with Gasteiger partial charge in [0.25, 0.3) is 0 Å². The molecule has 1 heterocycles. The highest BCUT2D eigenvalue weighted by Crippen LogP contribution is 2.51. The third-order valence-corrected chi connectivity index (χ3v) is 4.23. The van der Waals surface area contributed by atoms with Crippen molar-refractivity contribution in [2.75, 3.05) is 19.8 Å². The van der Waals surface area contributed by atoms with Crippen LogP contribution in [-0.2, 0) is 9.53 Å². The normalized spacial score (nSPS) is 24.4. The van der Waals surface area contributed by atoms with Gasteiger partial charge in [-0.1, -0.05) is 20.8 Å². The molecule has 3 nitrogen and oxygen atoms in total. The molecule has 2 aliphatic rings. The van der Waals surface area contributed by atoms with E-state index in [9.17, 15) is 4.79 Å². The Bertz CT molecular complexity index is 279. The van der Waals surface area contributed by atoms with Crippen LogP contribution in [0.3, 0.4) is 0 Å². The molecule has 1 N–H and O–H groups in total. The minimum atomic E-state index is -0.264. The van der Waals surface area contributed by atoms with Gasteiger partial charge in [0, 0.05) is 25.2 Å². The highest BCUT2D eigenvalue weighted by atomic mass is 16.5. The van der Waals surface area contributed by atoms with E-state index in [1.165, 1.54) is 25.7 Å². The van der Waals surface area contributed by atoms with E-state index in [-0.39, 0.29) is 11.3 Å². The van der Waals surface area contributed by atoms with Crippen molar-refractivity contribution in [3.63, 3.8) is 0 Å². The maximum absolute atomic E-state index is 11.7. The summed E-state index contributed by atoms with van der Waals surface area (Å²) in [7, 11) is 0. The minimum absolute atomic E-state index is 0.172. The van der Waals surface area contributed by atoms with Crippen LogP contribution in [0.15, 0.2) is 0 Å². The number of nitrogens with one attached hydrogen (secondary N) is 1. The molecule has 3 heteroatoms. The Morgan fingerprint density at radius 3 is 2.41 bits per heavy atom. The number of carbonyl (C=O) groups is 1. The predicted molar refractivity (Wildman–Crippen MR) is 67.7 cm³/mol.